The second kappa shape index (κ2) is 20.0. The number of ether oxygens (including phenoxy) is 4. The first kappa shape index (κ1) is 42.0. The molecule has 1 heterocycles. The van der Waals surface area contributed by atoms with Crippen LogP contribution in [0.1, 0.15) is 61.9 Å². The number of carbonyl (C=O) groups is 4. The molecular formula is C42H45FNO11-. The highest BCUT2D eigenvalue weighted by molar-refractivity contribution is 5.95. The number of nitrogens with zero attached hydrogens (tertiary/aromatic N) is 1. The fraction of sp³-hybridized carbons (Fsp3) is 0.333. The fourth-order valence-electron chi connectivity index (χ4n) is 6.05. The maximum Gasteiger partial charge on any atom is 0.349 e. The van der Waals surface area contributed by atoms with Crippen molar-refractivity contribution in [1.82, 2.24) is 4.90 Å². The van der Waals surface area contributed by atoms with Gasteiger partial charge in [0.1, 0.15) is 5.82 Å². The Morgan fingerprint density at radius 2 is 1.31 bits per heavy atom. The summed E-state index contributed by atoms with van der Waals surface area (Å²) < 4.78 is 33.3. The maximum absolute atomic E-state index is 13.0. The number of halogens is 1. The second-order valence-corrected chi connectivity index (χ2v) is 13.1. The molecule has 13 heteroatoms. The van der Waals surface area contributed by atoms with Crippen LogP contribution in [-0.4, -0.2) is 85.1 Å². The summed E-state index contributed by atoms with van der Waals surface area (Å²) in [5.74, 6) is -4.71. The van der Waals surface area contributed by atoms with Crippen molar-refractivity contribution in [3.63, 3.8) is 0 Å². The number of para-hydroxylation sites is 1. The lowest BCUT2D eigenvalue weighted by Gasteiger charge is -2.34. The number of methoxy groups -OCH3 is 2. The first-order valence-corrected chi connectivity index (χ1v) is 17.7. The van der Waals surface area contributed by atoms with Gasteiger partial charge in [-0.3, -0.25) is 0 Å². The minimum absolute atomic E-state index is 0.00542. The molecule has 1 fully saturated rings. The van der Waals surface area contributed by atoms with Crippen molar-refractivity contribution in [2.45, 2.75) is 51.4 Å². The van der Waals surface area contributed by atoms with Gasteiger partial charge in [0.05, 0.1) is 37.4 Å². The number of hydrogen-bond donors (Lipinski definition) is 2. The molecule has 0 spiro atoms. The normalized spacial score (nSPS) is 14.7. The summed E-state index contributed by atoms with van der Waals surface area (Å²) in [6, 6.07) is 24.3. The lowest BCUT2D eigenvalue weighted by Crippen LogP contribution is -2.51. The zero-order chi connectivity index (χ0) is 40.1. The molecule has 5 rings (SSSR count). The third-order valence-corrected chi connectivity index (χ3v) is 9.25. The van der Waals surface area contributed by atoms with Crippen molar-refractivity contribution in [2.24, 2.45) is 5.92 Å². The van der Waals surface area contributed by atoms with Crippen LogP contribution in [0.2, 0.25) is 0 Å². The second-order valence-electron chi connectivity index (χ2n) is 13.1. The molecule has 0 radical (unpaired) electrons. The molecule has 0 aromatic heterocycles. The number of likely N-dealkylation sites (tertiary alicyclic amines) is 1. The van der Waals surface area contributed by atoms with E-state index in [0.717, 1.165) is 61.2 Å². The quantitative estimate of drug-likeness (QED) is 0.170. The van der Waals surface area contributed by atoms with Gasteiger partial charge in [0, 0.05) is 12.1 Å². The van der Waals surface area contributed by atoms with Crippen molar-refractivity contribution in [2.75, 3.05) is 33.9 Å². The standard InChI is InChI=1S/C22H28FNO3.C20H18O8/c1-26-20-5-3-4-19(22(20)27-2)21(25)17-11-14-24(15-12-17)13-10-16-6-8-18(23)9-7-16;1-11-3-7-13(8-4-11)19(25)27-15(17(21)22)16(18(23)24)28-20(26)14-9-5-12(2)6-10-14/h3-9,17,21,25H,10-15H2,1-2H3;3-10,15-16H,1-2H3,(H,21,22)(H,23,24)/p-1/t21-;15-,16-/m10/s1. The van der Waals surface area contributed by atoms with Crippen LogP contribution in [0.25, 0.3) is 0 Å². The van der Waals surface area contributed by atoms with E-state index in [2.05, 4.69) is 4.90 Å². The van der Waals surface area contributed by atoms with Crippen LogP contribution >= 0.6 is 0 Å². The molecule has 0 saturated carbocycles. The predicted octanol–water partition coefficient (Wildman–Crippen LogP) is 4.72. The molecule has 292 valence electrons. The Balaban J connectivity index is 0.000000245. The van der Waals surface area contributed by atoms with Crippen LogP contribution in [0.15, 0.2) is 91.0 Å². The molecule has 0 amide bonds. The van der Waals surface area contributed by atoms with Gasteiger partial charge in [0.15, 0.2) is 17.6 Å². The summed E-state index contributed by atoms with van der Waals surface area (Å²) in [5.41, 5.74) is 3.67. The van der Waals surface area contributed by atoms with Gasteiger partial charge in [-0.05, 0) is 100 Å². The monoisotopic (exact) mass is 758 g/mol. The van der Waals surface area contributed by atoms with E-state index >= 15 is 0 Å². The van der Waals surface area contributed by atoms with Gasteiger partial charge in [0.2, 0.25) is 6.10 Å². The number of aliphatic hydroxyl groups excluding tert-OH is 1. The van der Waals surface area contributed by atoms with Gasteiger partial charge in [-0.1, -0.05) is 59.7 Å². The topological polar surface area (TPSA) is 172 Å². The number of benzene rings is 4. The number of hydrogen-bond acceptors (Lipinski definition) is 11. The van der Waals surface area contributed by atoms with E-state index in [1.54, 1.807) is 52.3 Å². The Morgan fingerprint density at radius 3 is 1.78 bits per heavy atom. The van der Waals surface area contributed by atoms with Gasteiger partial charge in [-0.15, -0.1) is 0 Å². The van der Waals surface area contributed by atoms with Crippen LogP contribution in [0, 0.1) is 25.6 Å². The zero-order valence-corrected chi connectivity index (χ0v) is 31.1. The molecule has 0 bridgehead atoms. The summed E-state index contributed by atoms with van der Waals surface area (Å²) in [6.45, 7) is 6.43. The van der Waals surface area contributed by atoms with Crippen LogP contribution in [0.4, 0.5) is 4.39 Å². The number of aliphatic hydroxyl groups is 1. The van der Waals surface area contributed by atoms with Crippen molar-refractivity contribution in [3.05, 3.63) is 130 Å². The van der Waals surface area contributed by atoms with Gasteiger partial charge in [-0.2, -0.15) is 0 Å². The number of carbonyl (C=O) groups excluding carboxylic acids is 3. The largest absolute Gasteiger partial charge is 0.546 e. The number of carboxylic acid groups (broad SMARTS) is 2. The molecule has 4 aromatic rings. The van der Waals surface area contributed by atoms with Crippen molar-refractivity contribution < 1.29 is 57.8 Å². The van der Waals surface area contributed by atoms with Gasteiger partial charge < -0.3 is 44.0 Å². The molecule has 0 aliphatic carbocycles. The summed E-state index contributed by atoms with van der Waals surface area (Å²) in [5, 5.41) is 31.6. The fourth-order valence-corrected chi connectivity index (χ4v) is 6.05. The van der Waals surface area contributed by atoms with Crippen molar-refractivity contribution in [3.8, 4) is 11.5 Å². The number of carboxylic acids is 2. The first-order chi connectivity index (χ1) is 26.3. The van der Waals surface area contributed by atoms with Crippen molar-refractivity contribution >= 4 is 23.9 Å². The molecule has 1 aliphatic rings. The van der Waals surface area contributed by atoms with Gasteiger partial charge in [-0.25, -0.2) is 18.8 Å². The minimum atomic E-state index is -2.33. The highest BCUT2D eigenvalue weighted by Gasteiger charge is 2.37. The number of piperidine rings is 1. The van der Waals surface area contributed by atoms with E-state index < -0.39 is 42.2 Å². The molecule has 12 nitrogen and oxygen atoms in total. The summed E-state index contributed by atoms with van der Waals surface area (Å²) in [7, 11) is 3.21. The highest BCUT2D eigenvalue weighted by atomic mass is 19.1. The smallest absolute Gasteiger partial charge is 0.349 e. The van der Waals surface area contributed by atoms with E-state index in [-0.39, 0.29) is 22.9 Å². The molecule has 3 atom stereocenters. The van der Waals surface area contributed by atoms with Crippen molar-refractivity contribution in [1.29, 1.82) is 0 Å². The number of esters is 2. The maximum atomic E-state index is 13.0. The lowest BCUT2D eigenvalue weighted by atomic mass is 9.87. The number of rotatable bonds is 14. The Kier molecular flexibility index (Phi) is 15.3. The van der Waals surface area contributed by atoms with Gasteiger partial charge >= 0.3 is 17.9 Å². The Bertz CT molecular complexity index is 1820. The SMILES string of the molecule is COc1cccc([C@H](O)C2CCN(CCc3ccc(F)cc3)CC2)c1OC.Cc1ccc(C(=O)O[C@H](C(=O)[O-])[C@H](OC(=O)c2ccc(C)cc2)C(=O)O)cc1. The third-order valence-electron chi connectivity index (χ3n) is 9.25. The van der Waals surface area contributed by atoms with Gasteiger partial charge in [0.25, 0.3) is 0 Å². The number of aryl methyl sites for hydroxylation is 2. The lowest BCUT2D eigenvalue weighted by molar-refractivity contribution is -0.317. The zero-order valence-electron chi connectivity index (χ0n) is 31.1. The van der Waals surface area contributed by atoms with Crippen LogP contribution in [0.5, 0.6) is 11.5 Å². The molecule has 55 heavy (non-hydrogen) atoms. The molecule has 1 aliphatic heterocycles. The molecule has 4 aromatic carbocycles. The Morgan fingerprint density at radius 1 is 0.782 bits per heavy atom. The third kappa shape index (κ3) is 11.8. The van der Waals surface area contributed by atoms with E-state index in [0.29, 0.717) is 11.5 Å². The van der Waals surface area contributed by atoms with E-state index in [1.807, 2.05) is 30.3 Å². The average Bonchev–Trinajstić information content (AvgIpc) is 3.19. The predicted molar refractivity (Wildman–Crippen MR) is 197 cm³/mol. The molecule has 0 unspecified atom stereocenters. The van der Waals surface area contributed by atoms with Crippen LogP contribution in [-0.2, 0) is 25.5 Å². The minimum Gasteiger partial charge on any atom is -0.546 e. The summed E-state index contributed by atoms with van der Waals surface area (Å²) in [4.78, 5) is 49.6. The van der Waals surface area contributed by atoms with Crippen LogP contribution < -0.4 is 14.6 Å². The highest BCUT2D eigenvalue weighted by Crippen LogP contribution is 2.40. The summed E-state index contributed by atoms with van der Waals surface area (Å²) >= 11 is 0. The Hall–Kier alpha value is -5.79. The molecule has 1 saturated heterocycles. The average molecular weight is 759 g/mol. The Labute approximate surface area is 319 Å². The molecule has 2 N–H and O–H groups in total. The van der Waals surface area contributed by atoms with E-state index in [4.69, 9.17) is 18.9 Å². The summed E-state index contributed by atoms with van der Waals surface area (Å²) in [6.07, 6.45) is -2.39. The molecular weight excluding hydrogens is 713 g/mol. The van der Waals surface area contributed by atoms with Crippen LogP contribution in [0.3, 0.4) is 0 Å². The van der Waals surface area contributed by atoms with E-state index in [9.17, 15) is 38.9 Å². The van der Waals surface area contributed by atoms with E-state index in [1.165, 1.54) is 36.4 Å². The first-order valence-electron chi connectivity index (χ1n) is 17.7. The number of aliphatic carboxylic acids is 2.